The summed E-state index contributed by atoms with van der Waals surface area (Å²) in [7, 11) is 0. The predicted molar refractivity (Wildman–Crippen MR) is 100 cm³/mol. The van der Waals surface area contributed by atoms with Crippen molar-refractivity contribution >= 4 is 34.9 Å². The molecule has 6 nitrogen and oxygen atoms in total. The highest BCUT2D eigenvalue weighted by molar-refractivity contribution is 6.34. The molecule has 0 aliphatic rings. The van der Waals surface area contributed by atoms with E-state index in [4.69, 9.17) is 16.0 Å². The number of hydrogen-bond donors (Lipinski definition) is 3. The maximum absolute atomic E-state index is 13.1. The third-order valence-electron chi connectivity index (χ3n) is 3.58. The van der Waals surface area contributed by atoms with Gasteiger partial charge in [-0.2, -0.15) is 0 Å². The molecule has 0 bridgehead atoms. The number of anilines is 2. The summed E-state index contributed by atoms with van der Waals surface area (Å²) in [5.74, 6) is -0.336. The minimum absolute atomic E-state index is 0.0269. The van der Waals surface area contributed by atoms with Gasteiger partial charge in [-0.25, -0.2) is 9.18 Å². The van der Waals surface area contributed by atoms with Gasteiger partial charge in [-0.3, -0.25) is 4.79 Å². The van der Waals surface area contributed by atoms with E-state index in [9.17, 15) is 14.0 Å². The van der Waals surface area contributed by atoms with Gasteiger partial charge in [0.15, 0.2) is 0 Å². The number of hydrogen-bond acceptors (Lipinski definition) is 3. The molecule has 3 amide bonds. The molecule has 0 radical (unpaired) electrons. The Morgan fingerprint density at radius 1 is 1.00 bits per heavy atom. The highest BCUT2D eigenvalue weighted by atomic mass is 35.5. The number of rotatable bonds is 5. The normalized spacial score (nSPS) is 10.3. The van der Waals surface area contributed by atoms with Crippen LogP contribution in [-0.2, 0) is 6.54 Å². The van der Waals surface area contributed by atoms with Crippen LogP contribution in [0, 0.1) is 5.82 Å². The van der Waals surface area contributed by atoms with Crippen molar-refractivity contribution in [1.29, 1.82) is 0 Å². The summed E-state index contributed by atoms with van der Waals surface area (Å²) in [5, 5.41) is 8.00. The molecule has 0 atom stereocenters. The van der Waals surface area contributed by atoms with E-state index >= 15 is 0 Å². The lowest BCUT2D eigenvalue weighted by atomic mass is 10.2. The van der Waals surface area contributed by atoms with Crippen LogP contribution in [-0.4, -0.2) is 11.9 Å². The van der Waals surface area contributed by atoms with Gasteiger partial charge in [-0.05, 0) is 54.6 Å². The Morgan fingerprint density at radius 2 is 1.70 bits per heavy atom. The number of amides is 3. The molecule has 2 aromatic carbocycles. The fourth-order valence-corrected chi connectivity index (χ4v) is 2.52. The van der Waals surface area contributed by atoms with Gasteiger partial charge in [0.1, 0.15) is 11.6 Å². The summed E-state index contributed by atoms with van der Waals surface area (Å²) in [6, 6.07) is 13.2. The molecular weight excluding hydrogens is 373 g/mol. The molecule has 0 aliphatic heterocycles. The Labute approximate surface area is 159 Å². The van der Waals surface area contributed by atoms with Gasteiger partial charge >= 0.3 is 6.03 Å². The van der Waals surface area contributed by atoms with Crippen molar-refractivity contribution in [3.63, 3.8) is 0 Å². The summed E-state index contributed by atoms with van der Waals surface area (Å²) in [5.41, 5.74) is 1.21. The Morgan fingerprint density at radius 3 is 2.33 bits per heavy atom. The molecule has 0 fully saturated rings. The zero-order valence-electron chi connectivity index (χ0n) is 14.0. The second-order valence-corrected chi connectivity index (χ2v) is 5.95. The second kappa shape index (κ2) is 8.37. The molecule has 138 valence electrons. The van der Waals surface area contributed by atoms with Crippen LogP contribution >= 0.6 is 11.6 Å². The fourth-order valence-electron chi connectivity index (χ4n) is 2.26. The van der Waals surface area contributed by atoms with Gasteiger partial charge in [0, 0.05) is 11.4 Å². The average Bonchev–Trinajstić information content (AvgIpc) is 3.15. The van der Waals surface area contributed by atoms with E-state index in [1.807, 2.05) is 0 Å². The molecule has 3 rings (SSSR count). The third-order valence-corrected chi connectivity index (χ3v) is 3.89. The monoisotopic (exact) mass is 387 g/mol. The number of carbonyl (C=O) groups is 2. The van der Waals surface area contributed by atoms with Gasteiger partial charge < -0.3 is 20.4 Å². The number of benzene rings is 2. The SMILES string of the molecule is O=C(NCc1ccco1)Nc1ccc(NC(=O)c2ccc(F)cc2Cl)cc1. The molecule has 3 N–H and O–H groups in total. The van der Waals surface area contributed by atoms with E-state index in [1.54, 1.807) is 36.4 Å². The van der Waals surface area contributed by atoms with Crippen LogP contribution < -0.4 is 16.0 Å². The molecule has 0 spiro atoms. The Kier molecular flexibility index (Phi) is 5.73. The fraction of sp³-hybridized carbons (Fsp3) is 0.0526. The first-order chi connectivity index (χ1) is 13.0. The first kappa shape index (κ1) is 18.5. The smallest absolute Gasteiger partial charge is 0.319 e. The summed E-state index contributed by atoms with van der Waals surface area (Å²) in [4.78, 5) is 24.0. The Balaban J connectivity index is 1.55. The number of nitrogens with one attached hydrogen (secondary N) is 3. The number of urea groups is 1. The van der Waals surface area contributed by atoms with Gasteiger partial charge in [-0.1, -0.05) is 11.6 Å². The molecule has 0 aliphatic carbocycles. The first-order valence-electron chi connectivity index (χ1n) is 7.95. The molecule has 1 aromatic heterocycles. The Hall–Kier alpha value is -3.32. The van der Waals surface area contributed by atoms with Crippen molar-refractivity contribution in [2.75, 3.05) is 10.6 Å². The van der Waals surface area contributed by atoms with Crippen molar-refractivity contribution < 1.29 is 18.4 Å². The minimum Gasteiger partial charge on any atom is -0.467 e. The maximum atomic E-state index is 13.1. The number of carbonyl (C=O) groups excluding carboxylic acids is 2. The van der Waals surface area contributed by atoms with Crippen molar-refractivity contribution in [2.24, 2.45) is 0 Å². The first-order valence-corrected chi connectivity index (χ1v) is 8.33. The quantitative estimate of drug-likeness (QED) is 0.596. The Bertz CT molecular complexity index is 943. The van der Waals surface area contributed by atoms with Gasteiger partial charge in [0.2, 0.25) is 0 Å². The summed E-state index contributed by atoms with van der Waals surface area (Å²) >= 11 is 5.88. The molecule has 8 heteroatoms. The van der Waals surface area contributed by atoms with Crippen molar-refractivity contribution in [1.82, 2.24) is 5.32 Å². The third kappa shape index (κ3) is 5.08. The van der Waals surface area contributed by atoms with Crippen LogP contribution in [0.4, 0.5) is 20.6 Å². The van der Waals surface area contributed by atoms with Gasteiger partial charge in [0.25, 0.3) is 5.91 Å². The van der Waals surface area contributed by atoms with Crippen LogP contribution in [0.3, 0.4) is 0 Å². The van der Waals surface area contributed by atoms with Crippen LogP contribution in [0.25, 0.3) is 0 Å². The number of halogens is 2. The lowest BCUT2D eigenvalue weighted by Crippen LogP contribution is -2.27. The van der Waals surface area contributed by atoms with Crippen LogP contribution in [0.15, 0.2) is 65.3 Å². The lowest BCUT2D eigenvalue weighted by Gasteiger charge is -2.09. The predicted octanol–water partition coefficient (Wildman–Crippen LogP) is 4.65. The van der Waals surface area contributed by atoms with E-state index in [2.05, 4.69) is 16.0 Å². The van der Waals surface area contributed by atoms with Crippen LogP contribution in [0.2, 0.25) is 5.02 Å². The molecule has 0 unspecified atom stereocenters. The summed E-state index contributed by atoms with van der Waals surface area (Å²) < 4.78 is 18.2. The maximum Gasteiger partial charge on any atom is 0.319 e. The molecule has 27 heavy (non-hydrogen) atoms. The van der Waals surface area contributed by atoms with Crippen LogP contribution in [0.5, 0.6) is 0 Å². The van der Waals surface area contributed by atoms with E-state index in [-0.39, 0.29) is 23.2 Å². The molecule has 1 heterocycles. The van der Waals surface area contributed by atoms with Crippen molar-refractivity contribution in [3.05, 3.63) is 83.0 Å². The number of furan rings is 1. The topological polar surface area (TPSA) is 83.4 Å². The van der Waals surface area contributed by atoms with E-state index < -0.39 is 11.7 Å². The largest absolute Gasteiger partial charge is 0.467 e. The minimum atomic E-state index is -0.516. The molecule has 0 saturated heterocycles. The van der Waals surface area contributed by atoms with Gasteiger partial charge in [-0.15, -0.1) is 0 Å². The second-order valence-electron chi connectivity index (χ2n) is 5.54. The molecule has 0 saturated carbocycles. The highest BCUT2D eigenvalue weighted by Gasteiger charge is 2.11. The van der Waals surface area contributed by atoms with Crippen molar-refractivity contribution in [3.8, 4) is 0 Å². The van der Waals surface area contributed by atoms with Crippen molar-refractivity contribution in [2.45, 2.75) is 6.54 Å². The van der Waals surface area contributed by atoms with E-state index in [1.165, 1.54) is 12.3 Å². The lowest BCUT2D eigenvalue weighted by molar-refractivity contribution is 0.102. The summed E-state index contributed by atoms with van der Waals surface area (Å²) in [6.45, 7) is 0.269. The molecule has 3 aromatic rings. The van der Waals surface area contributed by atoms with Gasteiger partial charge in [0.05, 0.1) is 23.4 Å². The standard InChI is InChI=1S/C19H15ClFN3O3/c20-17-10-12(21)3-8-16(17)18(25)23-13-4-6-14(7-5-13)24-19(26)22-11-15-2-1-9-27-15/h1-10H,11H2,(H,23,25)(H2,22,24,26). The zero-order chi connectivity index (χ0) is 19.2. The van der Waals surface area contributed by atoms with Crippen LogP contribution in [0.1, 0.15) is 16.1 Å². The highest BCUT2D eigenvalue weighted by Crippen LogP contribution is 2.20. The van der Waals surface area contributed by atoms with E-state index in [0.29, 0.717) is 17.1 Å². The summed E-state index contributed by atoms with van der Waals surface area (Å²) in [6.07, 6.45) is 1.53. The van der Waals surface area contributed by atoms with E-state index in [0.717, 1.165) is 12.1 Å². The average molecular weight is 388 g/mol. The zero-order valence-corrected chi connectivity index (χ0v) is 14.7. The molecular formula is C19H15ClFN3O3.